The number of unbranched alkanes of at least 4 members (excludes halogenated alkanes) is 2. The molecule has 0 bridgehead atoms. The van der Waals surface area contributed by atoms with Gasteiger partial charge < -0.3 is 15.5 Å². The molecule has 21 heavy (non-hydrogen) atoms. The maximum Gasteiger partial charge on any atom is 0.186 e. The molecule has 116 valence electrons. The second-order valence-electron chi connectivity index (χ2n) is 4.62. The van der Waals surface area contributed by atoms with Crippen LogP contribution in [0.1, 0.15) is 43.0 Å². The minimum absolute atomic E-state index is 0.00826. The van der Waals surface area contributed by atoms with E-state index in [0.717, 1.165) is 25.8 Å². The monoisotopic (exact) mass is 310 g/mol. The van der Waals surface area contributed by atoms with Crippen molar-refractivity contribution >= 4 is 23.5 Å². The van der Waals surface area contributed by atoms with E-state index in [1.807, 2.05) is 0 Å². The molecule has 0 aliphatic heterocycles. The summed E-state index contributed by atoms with van der Waals surface area (Å²) in [5.41, 5.74) is 4.10. The number of aryl methyl sites for hydroxylation is 1. The fraction of sp³-hybridized carbons (Fsp3) is 0.500. The molecule has 0 saturated heterocycles. The molecular weight excluding hydrogens is 288 g/mol. The van der Waals surface area contributed by atoms with Crippen LogP contribution in [0.25, 0.3) is 0 Å². The van der Waals surface area contributed by atoms with Gasteiger partial charge in [0.15, 0.2) is 5.11 Å². The Bertz CT molecular complexity index is 506. The number of aliphatic hydroxyl groups is 1. The van der Waals surface area contributed by atoms with E-state index in [-0.39, 0.29) is 12.4 Å². The van der Waals surface area contributed by atoms with Crippen molar-refractivity contribution in [1.29, 1.82) is 0 Å². The predicted molar refractivity (Wildman–Crippen MR) is 87.4 cm³/mol. The molecule has 1 heterocycles. The number of pyridine rings is 1. The third-order valence-electron chi connectivity index (χ3n) is 2.95. The van der Waals surface area contributed by atoms with E-state index in [9.17, 15) is 10.2 Å². The number of thiocarbonyl (C=S) groups is 1. The number of aromatic nitrogens is 1. The van der Waals surface area contributed by atoms with Crippen LogP contribution in [0.15, 0.2) is 11.3 Å². The minimum atomic E-state index is -0.220. The first kappa shape index (κ1) is 17.3. The second kappa shape index (κ2) is 9.25. The summed E-state index contributed by atoms with van der Waals surface area (Å²) in [4.78, 5) is 3.98. The van der Waals surface area contributed by atoms with Crippen LogP contribution in [-0.4, -0.2) is 33.1 Å². The van der Waals surface area contributed by atoms with Gasteiger partial charge in [0, 0.05) is 23.9 Å². The summed E-state index contributed by atoms with van der Waals surface area (Å²) in [6.07, 6.45) is 6.31. The number of aromatic hydroxyl groups is 1. The zero-order chi connectivity index (χ0) is 15.7. The average Bonchev–Trinajstić information content (AvgIpc) is 2.48. The Morgan fingerprint density at radius 3 is 2.90 bits per heavy atom. The molecule has 1 rings (SSSR count). The minimum Gasteiger partial charge on any atom is -0.505 e. The van der Waals surface area contributed by atoms with Crippen molar-refractivity contribution in [3.63, 3.8) is 0 Å². The zero-order valence-electron chi connectivity index (χ0n) is 12.4. The van der Waals surface area contributed by atoms with Crippen molar-refractivity contribution < 1.29 is 10.2 Å². The maximum absolute atomic E-state index is 9.93. The van der Waals surface area contributed by atoms with Gasteiger partial charge >= 0.3 is 0 Å². The third kappa shape index (κ3) is 5.65. The highest BCUT2D eigenvalue weighted by Gasteiger charge is 2.09. The van der Waals surface area contributed by atoms with Crippen molar-refractivity contribution in [1.82, 2.24) is 15.7 Å². The van der Waals surface area contributed by atoms with E-state index < -0.39 is 0 Å². The Kier molecular flexibility index (Phi) is 7.63. The number of hydrogen-bond acceptors (Lipinski definition) is 5. The Morgan fingerprint density at radius 1 is 1.48 bits per heavy atom. The van der Waals surface area contributed by atoms with Gasteiger partial charge in [-0.05, 0) is 25.6 Å². The number of aliphatic hydroxyl groups excluding tert-OH is 1. The van der Waals surface area contributed by atoms with E-state index >= 15 is 0 Å². The molecule has 0 unspecified atom stereocenters. The lowest BCUT2D eigenvalue weighted by Gasteiger charge is -2.08. The Labute approximate surface area is 130 Å². The summed E-state index contributed by atoms with van der Waals surface area (Å²) >= 11 is 5.08. The lowest BCUT2D eigenvalue weighted by Crippen LogP contribution is -2.32. The van der Waals surface area contributed by atoms with Crippen LogP contribution in [-0.2, 0) is 6.61 Å². The van der Waals surface area contributed by atoms with E-state index in [4.69, 9.17) is 12.2 Å². The van der Waals surface area contributed by atoms with E-state index in [2.05, 4.69) is 27.8 Å². The lowest BCUT2D eigenvalue weighted by atomic mass is 10.1. The van der Waals surface area contributed by atoms with Crippen LogP contribution in [0.2, 0.25) is 0 Å². The molecule has 0 aromatic carbocycles. The van der Waals surface area contributed by atoms with Crippen molar-refractivity contribution in [2.45, 2.75) is 39.7 Å². The van der Waals surface area contributed by atoms with E-state index in [0.29, 0.717) is 21.9 Å². The van der Waals surface area contributed by atoms with Gasteiger partial charge in [0.2, 0.25) is 0 Å². The first-order valence-corrected chi connectivity index (χ1v) is 7.36. The smallest absolute Gasteiger partial charge is 0.186 e. The highest BCUT2D eigenvalue weighted by molar-refractivity contribution is 7.80. The van der Waals surface area contributed by atoms with Gasteiger partial charge in [-0.25, -0.2) is 0 Å². The summed E-state index contributed by atoms with van der Waals surface area (Å²) in [6, 6.07) is 0. The standard InChI is InChI=1S/C14H22N4O2S/c1-3-4-5-6-15-14(21)18-17-8-12-11(9-19)7-16-10(2)13(12)20/h7-8,19-20H,3-6,9H2,1-2H3,(H2,15,18,21)/b17-8+. The largest absolute Gasteiger partial charge is 0.505 e. The summed E-state index contributed by atoms with van der Waals surface area (Å²) in [6.45, 7) is 4.41. The van der Waals surface area contributed by atoms with Crippen LogP contribution in [0.5, 0.6) is 5.75 Å². The molecule has 6 nitrogen and oxygen atoms in total. The van der Waals surface area contributed by atoms with Gasteiger partial charge in [0.05, 0.1) is 18.5 Å². The van der Waals surface area contributed by atoms with Crippen molar-refractivity contribution in [2.75, 3.05) is 6.54 Å². The van der Waals surface area contributed by atoms with Gasteiger partial charge in [-0.3, -0.25) is 10.4 Å². The molecule has 0 saturated carbocycles. The molecule has 0 aliphatic rings. The number of rotatable bonds is 7. The first-order chi connectivity index (χ1) is 10.1. The molecular formula is C14H22N4O2S. The average molecular weight is 310 g/mol. The zero-order valence-corrected chi connectivity index (χ0v) is 13.2. The number of hydrazone groups is 1. The summed E-state index contributed by atoms with van der Waals surface area (Å²) in [7, 11) is 0. The number of hydrogen-bond donors (Lipinski definition) is 4. The van der Waals surface area contributed by atoms with Gasteiger partial charge in [0.1, 0.15) is 5.75 Å². The molecule has 1 aromatic heterocycles. The number of nitrogens with one attached hydrogen (secondary N) is 2. The first-order valence-electron chi connectivity index (χ1n) is 6.95. The Hall–Kier alpha value is -1.73. The summed E-state index contributed by atoms with van der Waals surface area (Å²) in [5, 5.41) is 26.6. The third-order valence-corrected chi connectivity index (χ3v) is 3.19. The van der Waals surface area contributed by atoms with Crippen LogP contribution in [0.4, 0.5) is 0 Å². The molecule has 0 amide bonds. The SMILES string of the molecule is CCCCCNC(=S)N/N=C/c1c(CO)cnc(C)c1O. The van der Waals surface area contributed by atoms with Crippen molar-refractivity contribution in [3.8, 4) is 5.75 Å². The summed E-state index contributed by atoms with van der Waals surface area (Å²) in [5.74, 6) is 0.00826. The topological polar surface area (TPSA) is 89.8 Å². The van der Waals surface area contributed by atoms with Crippen molar-refractivity contribution in [3.05, 3.63) is 23.0 Å². The molecule has 0 fully saturated rings. The normalized spacial score (nSPS) is 10.8. The summed E-state index contributed by atoms with van der Waals surface area (Å²) < 4.78 is 0. The van der Waals surface area contributed by atoms with E-state index in [1.165, 1.54) is 12.4 Å². The Morgan fingerprint density at radius 2 is 2.24 bits per heavy atom. The van der Waals surface area contributed by atoms with Crippen LogP contribution in [0, 0.1) is 6.92 Å². The quantitative estimate of drug-likeness (QED) is 0.265. The second-order valence-corrected chi connectivity index (χ2v) is 5.03. The van der Waals surface area contributed by atoms with Gasteiger partial charge in [-0.1, -0.05) is 19.8 Å². The highest BCUT2D eigenvalue weighted by Crippen LogP contribution is 2.21. The van der Waals surface area contributed by atoms with Gasteiger partial charge in [-0.2, -0.15) is 5.10 Å². The Balaban J connectivity index is 2.57. The van der Waals surface area contributed by atoms with Crippen molar-refractivity contribution in [2.24, 2.45) is 5.10 Å². The van der Waals surface area contributed by atoms with Gasteiger partial charge in [0.25, 0.3) is 0 Å². The predicted octanol–water partition coefficient (Wildman–Crippen LogP) is 1.58. The molecule has 7 heteroatoms. The highest BCUT2D eigenvalue weighted by atomic mass is 32.1. The lowest BCUT2D eigenvalue weighted by molar-refractivity contribution is 0.280. The number of nitrogens with zero attached hydrogens (tertiary/aromatic N) is 2. The molecule has 0 radical (unpaired) electrons. The van der Waals surface area contributed by atoms with Crippen LogP contribution in [0.3, 0.4) is 0 Å². The molecule has 0 spiro atoms. The molecule has 1 aromatic rings. The van der Waals surface area contributed by atoms with Crippen LogP contribution >= 0.6 is 12.2 Å². The van der Waals surface area contributed by atoms with E-state index in [1.54, 1.807) is 6.92 Å². The molecule has 4 N–H and O–H groups in total. The fourth-order valence-electron chi connectivity index (χ4n) is 1.69. The van der Waals surface area contributed by atoms with Gasteiger partial charge in [-0.15, -0.1) is 0 Å². The maximum atomic E-state index is 9.93. The molecule has 0 aliphatic carbocycles. The van der Waals surface area contributed by atoms with Crippen LogP contribution < -0.4 is 10.7 Å². The fourth-order valence-corrected chi connectivity index (χ4v) is 1.85. The molecule has 0 atom stereocenters.